The quantitative estimate of drug-likeness (QED) is 0.828. The molecule has 1 aliphatic carbocycles. The second-order valence-electron chi connectivity index (χ2n) is 8.47. The molecule has 1 N–H and O–H groups in total. The van der Waals surface area contributed by atoms with E-state index in [0.29, 0.717) is 23.4 Å². The Bertz CT molecular complexity index is 944. The van der Waals surface area contributed by atoms with Gasteiger partial charge in [-0.05, 0) is 31.7 Å². The van der Waals surface area contributed by atoms with Crippen LogP contribution < -0.4 is 19.8 Å². The van der Waals surface area contributed by atoms with Crippen LogP contribution in [0.2, 0.25) is 0 Å². The lowest BCUT2D eigenvalue weighted by Gasteiger charge is -2.37. The molecule has 30 heavy (non-hydrogen) atoms. The van der Waals surface area contributed by atoms with Crippen molar-refractivity contribution in [3.8, 4) is 11.5 Å². The molecule has 3 heterocycles. The van der Waals surface area contributed by atoms with Crippen molar-refractivity contribution in [3.63, 3.8) is 0 Å². The first kappa shape index (κ1) is 19.4. The topological polar surface area (TPSA) is 79.8 Å². The molecule has 3 aliphatic rings. The smallest absolute Gasteiger partial charge is 0.241 e. The Balaban J connectivity index is 1.33. The van der Waals surface area contributed by atoms with Crippen molar-refractivity contribution in [3.05, 3.63) is 18.5 Å². The number of carbonyl (C=O) groups excluding carboxylic acids is 1. The first-order valence-corrected chi connectivity index (χ1v) is 10.9. The molecule has 8 heteroatoms. The number of rotatable bonds is 4. The molecule has 0 radical (unpaired) electrons. The van der Waals surface area contributed by atoms with Crippen LogP contribution >= 0.6 is 0 Å². The minimum Gasteiger partial charge on any atom is -0.493 e. The van der Waals surface area contributed by atoms with Crippen LogP contribution in [0.5, 0.6) is 11.5 Å². The van der Waals surface area contributed by atoms with Crippen LogP contribution in [-0.4, -0.2) is 60.3 Å². The molecule has 0 spiro atoms. The second-order valence-corrected chi connectivity index (χ2v) is 8.47. The third-order valence-corrected chi connectivity index (χ3v) is 6.87. The molecule has 2 aromatic rings. The molecule has 8 nitrogen and oxygen atoms in total. The van der Waals surface area contributed by atoms with Crippen LogP contribution in [0.1, 0.15) is 38.5 Å². The summed E-state index contributed by atoms with van der Waals surface area (Å²) in [7, 11) is 3.26. The van der Waals surface area contributed by atoms with Crippen molar-refractivity contribution in [1.82, 2.24) is 20.4 Å². The normalized spacial score (nSPS) is 24.9. The molecular formula is C22H29N5O3. The summed E-state index contributed by atoms with van der Waals surface area (Å²) in [6.45, 7) is 1.71. The Kier molecular flexibility index (Phi) is 5.10. The van der Waals surface area contributed by atoms with Gasteiger partial charge in [0, 0.05) is 30.6 Å². The van der Waals surface area contributed by atoms with Gasteiger partial charge >= 0.3 is 0 Å². The molecule has 1 amide bonds. The molecule has 2 atom stereocenters. The summed E-state index contributed by atoms with van der Waals surface area (Å²) in [4.78, 5) is 24.2. The number of benzene rings is 1. The number of ether oxygens (including phenoxy) is 2. The molecule has 0 bridgehead atoms. The van der Waals surface area contributed by atoms with Gasteiger partial charge < -0.3 is 14.4 Å². The molecule has 1 aromatic heterocycles. The highest BCUT2D eigenvalue weighted by Gasteiger charge is 2.44. The maximum absolute atomic E-state index is 12.9. The van der Waals surface area contributed by atoms with E-state index in [1.807, 2.05) is 17.1 Å². The van der Waals surface area contributed by atoms with Gasteiger partial charge in [0.1, 0.15) is 12.1 Å². The van der Waals surface area contributed by atoms with Crippen LogP contribution in [0.3, 0.4) is 0 Å². The van der Waals surface area contributed by atoms with E-state index in [9.17, 15) is 4.79 Å². The van der Waals surface area contributed by atoms with Gasteiger partial charge in [0.15, 0.2) is 11.5 Å². The Morgan fingerprint density at radius 2 is 1.73 bits per heavy atom. The van der Waals surface area contributed by atoms with E-state index in [1.54, 1.807) is 20.5 Å². The first-order chi connectivity index (χ1) is 14.7. The number of carbonyl (C=O) groups is 1. The fourth-order valence-corrected chi connectivity index (χ4v) is 5.24. The summed E-state index contributed by atoms with van der Waals surface area (Å²) in [5, 5.41) is 2.92. The fraction of sp³-hybridized carbons (Fsp3) is 0.591. The van der Waals surface area contributed by atoms with E-state index in [4.69, 9.17) is 9.47 Å². The van der Waals surface area contributed by atoms with E-state index < -0.39 is 0 Å². The largest absolute Gasteiger partial charge is 0.493 e. The van der Waals surface area contributed by atoms with Gasteiger partial charge in [0.25, 0.3) is 0 Å². The Morgan fingerprint density at radius 3 is 2.47 bits per heavy atom. The molecular weight excluding hydrogens is 382 g/mol. The zero-order chi connectivity index (χ0) is 20.7. The SMILES string of the molecule is COc1cc2ncnc(N3CCC(N4NC5CCCCC5C4=O)CC3)c2cc1OC. The van der Waals surface area contributed by atoms with Crippen LogP contribution in [0.15, 0.2) is 18.5 Å². The van der Waals surface area contributed by atoms with E-state index >= 15 is 0 Å². The average molecular weight is 412 g/mol. The minimum absolute atomic E-state index is 0.185. The van der Waals surface area contributed by atoms with Crippen molar-refractivity contribution in [2.24, 2.45) is 5.92 Å². The number of hydrazine groups is 1. The number of fused-ring (bicyclic) bond motifs is 2. The number of nitrogens with one attached hydrogen (secondary N) is 1. The molecule has 2 unspecified atom stereocenters. The van der Waals surface area contributed by atoms with Crippen molar-refractivity contribution >= 4 is 22.6 Å². The third kappa shape index (κ3) is 3.23. The van der Waals surface area contributed by atoms with Crippen molar-refractivity contribution in [2.75, 3.05) is 32.2 Å². The van der Waals surface area contributed by atoms with Gasteiger partial charge in [0.2, 0.25) is 5.91 Å². The number of piperidine rings is 1. The third-order valence-electron chi connectivity index (χ3n) is 6.87. The van der Waals surface area contributed by atoms with E-state index in [1.165, 1.54) is 12.8 Å². The Hall–Kier alpha value is -2.61. The highest BCUT2D eigenvalue weighted by Crippen LogP contribution is 2.36. The zero-order valence-electron chi connectivity index (χ0n) is 17.6. The van der Waals surface area contributed by atoms with Crippen LogP contribution in [-0.2, 0) is 4.79 Å². The van der Waals surface area contributed by atoms with E-state index in [0.717, 1.165) is 55.5 Å². The highest BCUT2D eigenvalue weighted by atomic mass is 16.5. The first-order valence-electron chi connectivity index (χ1n) is 10.9. The number of methoxy groups -OCH3 is 2. The van der Waals surface area contributed by atoms with Gasteiger partial charge in [-0.1, -0.05) is 12.8 Å². The Labute approximate surface area is 176 Å². The molecule has 5 rings (SSSR count). The van der Waals surface area contributed by atoms with E-state index in [-0.39, 0.29) is 12.0 Å². The van der Waals surface area contributed by atoms with E-state index in [2.05, 4.69) is 20.3 Å². The second kappa shape index (κ2) is 7.91. The number of hydrogen-bond acceptors (Lipinski definition) is 7. The number of nitrogens with zero attached hydrogens (tertiary/aromatic N) is 4. The minimum atomic E-state index is 0.185. The fourth-order valence-electron chi connectivity index (χ4n) is 5.24. The highest BCUT2D eigenvalue weighted by molar-refractivity contribution is 5.92. The summed E-state index contributed by atoms with van der Waals surface area (Å²) >= 11 is 0. The van der Waals surface area contributed by atoms with Gasteiger partial charge in [-0.15, -0.1) is 0 Å². The summed E-state index contributed by atoms with van der Waals surface area (Å²) < 4.78 is 10.9. The lowest BCUT2D eigenvalue weighted by Crippen LogP contribution is -2.50. The molecule has 1 aromatic carbocycles. The average Bonchev–Trinajstić information content (AvgIpc) is 3.14. The molecule has 2 aliphatic heterocycles. The van der Waals surface area contributed by atoms with Crippen molar-refractivity contribution < 1.29 is 14.3 Å². The summed E-state index contributed by atoms with van der Waals surface area (Å²) in [5.41, 5.74) is 4.37. The summed E-state index contributed by atoms with van der Waals surface area (Å²) in [5.74, 6) is 2.74. The standard InChI is InChI=1S/C22H29N5O3/c1-29-19-11-16-18(12-20(19)30-2)23-13-24-21(16)26-9-7-14(8-10-26)27-22(28)15-5-3-4-6-17(15)25-27/h11-15,17,25H,3-10H2,1-2H3. The number of amides is 1. The molecule has 3 fully saturated rings. The maximum Gasteiger partial charge on any atom is 0.241 e. The predicted molar refractivity (Wildman–Crippen MR) is 114 cm³/mol. The predicted octanol–water partition coefficient (Wildman–Crippen LogP) is 2.52. The summed E-state index contributed by atoms with van der Waals surface area (Å²) in [6.07, 6.45) is 8.01. The van der Waals surface area contributed by atoms with Crippen LogP contribution in [0, 0.1) is 5.92 Å². The van der Waals surface area contributed by atoms with Crippen molar-refractivity contribution in [2.45, 2.75) is 50.6 Å². The lowest BCUT2D eigenvalue weighted by atomic mass is 9.85. The van der Waals surface area contributed by atoms with Crippen molar-refractivity contribution in [1.29, 1.82) is 0 Å². The van der Waals surface area contributed by atoms with Gasteiger partial charge in [-0.3, -0.25) is 9.80 Å². The maximum atomic E-state index is 12.9. The molecule has 160 valence electrons. The zero-order valence-corrected chi connectivity index (χ0v) is 17.6. The lowest BCUT2D eigenvalue weighted by molar-refractivity contribution is -0.135. The number of aromatic nitrogens is 2. The Morgan fingerprint density at radius 1 is 1.00 bits per heavy atom. The summed E-state index contributed by atoms with van der Waals surface area (Å²) in [6, 6.07) is 4.44. The van der Waals surface area contributed by atoms with Gasteiger partial charge in [-0.2, -0.15) is 0 Å². The van der Waals surface area contributed by atoms with Gasteiger partial charge in [-0.25, -0.2) is 15.4 Å². The van der Waals surface area contributed by atoms with Gasteiger partial charge in [0.05, 0.1) is 31.7 Å². The number of anilines is 1. The molecule has 1 saturated carbocycles. The monoisotopic (exact) mass is 411 g/mol. The van der Waals surface area contributed by atoms with Crippen LogP contribution in [0.25, 0.3) is 10.9 Å². The molecule has 2 saturated heterocycles. The van der Waals surface area contributed by atoms with Crippen LogP contribution in [0.4, 0.5) is 5.82 Å². The number of hydrogen-bond donors (Lipinski definition) is 1.